The largest absolute Gasteiger partial charge is 0.298 e. The van der Waals surface area contributed by atoms with Crippen molar-refractivity contribution < 1.29 is 0 Å². The summed E-state index contributed by atoms with van der Waals surface area (Å²) in [4.78, 5) is 0. The molecule has 6 aromatic rings. The Hall–Kier alpha value is -3.92. The van der Waals surface area contributed by atoms with Gasteiger partial charge in [0.2, 0.25) is 0 Å². The first-order valence-corrected chi connectivity index (χ1v) is 10.1. The number of fused-ring (bicyclic) bond motifs is 4. The molecule has 0 aliphatic carbocycles. The van der Waals surface area contributed by atoms with Crippen molar-refractivity contribution in [2.24, 2.45) is 0 Å². The van der Waals surface area contributed by atoms with Crippen LogP contribution in [-0.2, 0) is 0 Å². The lowest BCUT2D eigenvalue weighted by atomic mass is 9.96. The highest BCUT2D eigenvalue weighted by molar-refractivity contribution is 5.99. The number of imidazole rings is 1. The van der Waals surface area contributed by atoms with Gasteiger partial charge in [-0.1, -0.05) is 48.5 Å². The van der Waals surface area contributed by atoms with Crippen molar-refractivity contribution in [1.82, 2.24) is 19.2 Å². The van der Waals surface area contributed by atoms with E-state index in [4.69, 9.17) is 0 Å². The molecule has 0 spiro atoms. The first kappa shape index (κ1) is 17.0. The Bertz CT molecular complexity index is 1560. The van der Waals surface area contributed by atoms with E-state index in [1.165, 1.54) is 44.8 Å². The molecule has 0 saturated heterocycles. The predicted molar refractivity (Wildman–Crippen MR) is 122 cm³/mol. The Labute approximate surface area is 174 Å². The molecule has 0 unspecified atom stereocenters. The molecule has 0 N–H and O–H groups in total. The highest BCUT2D eigenvalue weighted by Gasteiger charge is 2.19. The lowest BCUT2D eigenvalue weighted by Crippen LogP contribution is -2.00. The summed E-state index contributed by atoms with van der Waals surface area (Å²) in [5, 5.41) is 10.4. The third-order valence-electron chi connectivity index (χ3n) is 5.99. The summed E-state index contributed by atoms with van der Waals surface area (Å²) in [6, 6.07) is 25.9. The maximum Gasteiger partial charge on any atom is 0.122 e. The van der Waals surface area contributed by atoms with Crippen LogP contribution in [0.15, 0.2) is 85.2 Å². The highest BCUT2D eigenvalue weighted by atomic mass is 15.1. The molecule has 6 rings (SSSR count). The first-order valence-electron chi connectivity index (χ1n) is 10.1. The highest BCUT2D eigenvalue weighted by Crippen LogP contribution is 2.37. The Morgan fingerprint density at radius 1 is 0.667 bits per heavy atom. The van der Waals surface area contributed by atoms with Crippen LogP contribution in [-0.4, -0.2) is 19.2 Å². The van der Waals surface area contributed by atoms with E-state index in [9.17, 15) is 0 Å². The molecule has 4 heteroatoms. The molecule has 0 aliphatic heterocycles. The maximum absolute atomic E-state index is 4.16. The van der Waals surface area contributed by atoms with Gasteiger partial charge in [-0.05, 0) is 49.2 Å². The molecule has 144 valence electrons. The minimum atomic E-state index is 1.09. The van der Waals surface area contributed by atoms with Crippen LogP contribution in [0.2, 0.25) is 0 Å². The standard InChI is InChI=1S/C26H20N4/c1-17-7-5-10-21(20-9-6-8-19-15-27-28-16-22(19)20)26(17)30-24-12-4-3-11-23(24)29-18(2)13-14-25(29)30/h3-16H,1-2H3. The molecular formula is C26H20N4. The van der Waals surface area contributed by atoms with Crippen molar-refractivity contribution >= 4 is 27.5 Å². The summed E-state index contributed by atoms with van der Waals surface area (Å²) in [5.74, 6) is 0. The van der Waals surface area contributed by atoms with E-state index in [0.717, 1.165) is 10.8 Å². The lowest BCUT2D eigenvalue weighted by Gasteiger charge is -2.17. The van der Waals surface area contributed by atoms with Gasteiger partial charge in [0, 0.05) is 22.0 Å². The molecule has 4 nitrogen and oxygen atoms in total. The quantitative estimate of drug-likeness (QED) is 0.359. The minimum absolute atomic E-state index is 1.09. The molecule has 3 aromatic heterocycles. The fourth-order valence-corrected chi connectivity index (χ4v) is 4.65. The second kappa shape index (κ2) is 6.29. The number of aryl methyl sites for hydroxylation is 2. The molecule has 3 heterocycles. The molecule has 0 fully saturated rings. The SMILES string of the molecule is Cc1cccc(-c2cccc3cnncc23)c1-n1c2ccccc2n2c(C)ccc12. The first-order chi connectivity index (χ1) is 14.7. The summed E-state index contributed by atoms with van der Waals surface area (Å²) in [5.41, 5.74) is 9.61. The van der Waals surface area contributed by atoms with Gasteiger partial charge in [-0.15, -0.1) is 0 Å². The van der Waals surface area contributed by atoms with Crippen molar-refractivity contribution in [2.45, 2.75) is 13.8 Å². The van der Waals surface area contributed by atoms with Crippen molar-refractivity contribution in [3.8, 4) is 16.8 Å². The Balaban J connectivity index is 1.78. The molecule has 0 saturated carbocycles. The van der Waals surface area contributed by atoms with Gasteiger partial charge in [0.05, 0.1) is 29.1 Å². The van der Waals surface area contributed by atoms with Crippen molar-refractivity contribution in [3.63, 3.8) is 0 Å². The molecule has 0 atom stereocenters. The van der Waals surface area contributed by atoms with Gasteiger partial charge in [0.25, 0.3) is 0 Å². The van der Waals surface area contributed by atoms with E-state index < -0.39 is 0 Å². The zero-order valence-corrected chi connectivity index (χ0v) is 16.9. The summed E-state index contributed by atoms with van der Waals surface area (Å²) in [7, 11) is 0. The van der Waals surface area contributed by atoms with Gasteiger partial charge in [-0.2, -0.15) is 10.2 Å². The van der Waals surface area contributed by atoms with E-state index in [0.29, 0.717) is 0 Å². The van der Waals surface area contributed by atoms with E-state index >= 15 is 0 Å². The van der Waals surface area contributed by atoms with Crippen LogP contribution in [0.3, 0.4) is 0 Å². The molecule has 0 amide bonds. The Morgan fingerprint density at radius 2 is 1.43 bits per heavy atom. The Morgan fingerprint density at radius 3 is 2.33 bits per heavy atom. The maximum atomic E-state index is 4.16. The van der Waals surface area contributed by atoms with Gasteiger partial charge in [0.15, 0.2) is 0 Å². The van der Waals surface area contributed by atoms with Crippen molar-refractivity contribution in [3.05, 3.63) is 96.4 Å². The molecule has 0 aliphatic rings. The summed E-state index contributed by atoms with van der Waals surface area (Å²) < 4.78 is 4.72. The van der Waals surface area contributed by atoms with Gasteiger partial charge in [0.1, 0.15) is 5.65 Å². The van der Waals surface area contributed by atoms with Crippen LogP contribution in [0.5, 0.6) is 0 Å². The number of hydrogen-bond acceptors (Lipinski definition) is 2. The van der Waals surface area contributed by atoms with E-state index in [1.807, 2.05) is 12.4 Å². The average molecular weight is 388 g/mol. The second-order valence-corrected chi connectivity index (χ2v) is 7.76. The average Bonchev–Trinajstić information content (AvgIpc) is 3.31. The molecule has 0 bridgehead atoms. The zero-order chi connectivity index (χ0) is 20.2. The molecule has 30 heavy (non-hydrogen) atoms. The number of rotatable bonds is 2. The fourth-order valence-electron chi connectivity index (χ4n) is 4.65. The Kier molecular flexibility index (Phi) is 3.56. The van der Waals surface area contributed by atoms with E-state index in [1.54, 1.807) is 0 Å². The van der Waals surface area contributed by atoms with E-state index in [2.05, 4.69) is 106 Å². The number of hydrogen-bond donors (Lipinski definition) is 0. The van der Waals surface area contributed by atoms with Crippen LogP contribution < -0.4 is 0 Å². The van der Waals surface area contributed by atoms with Gasteiger partial charge in [-0.3, -0.25) is 8.97 Å². The number of benzene rings is 3. The number of aromatic nitrogens is 4. The summed E-state index contributed by atoms with van der Waals surface area (Å²) in [6.07, 6.45) is 3.69. The normalized spacial score (nSPS) is 11.7. The second-order valence-electron chi connectivity index (χ2n) is 7.76. The van der Waals surface area contributed by atoms with Gasteiger partial charge >= 0.3 is 0 Å². The van der Waals surface area contributed by atoms with Crippen LogP contribution in [0.1, 0.15) is 11.3 Å². The third kappa shape index (κ3) is 2.28. The minimum Gasteiger partial charge on any atom is -0.298 e. The van der Waals surface area contributed by atoms with Gasteiger partial charge < -0.3 is 0 Å². The fraction of sp³-hybridized carbons (Fsp3) is 0.0769. The van der Waals surface area contributed by atoms with Crippen molar-refractivity contribution in [2.75, 3.05) is 0 Å². The molecule has 3 aromatic carbocycles. The predicted octanol–water partition coefficient (Wildman–Crippen LogP) is 6.11. The summed E-state index contributed by atoms with van der Waals surface area (Å²) >= 11 is 0. The van der Waals surface area contributed by atoms with E-state index in [-0.39, 0.29) is 0 Å². The molecule has 0 radical (unpaired) electrons. The molecular weight excluding hydrogens is 368 g/mol. The van der Waals surface area contributed by atoms with Crippen molar-refractivity contribution in [1.29, 1.82) is 0 Å². The third-order valence-corrected chi connectivity index (χ3v) is 5.99. The number of para-hydroxylation sites is 3. The van der Waals surface area contributed by atoms with Gasteiger partial charge in [-0.25, -0.2) is 0 Å². The van der Waals surface area contributed by atoms with Crippen LogP contribution in [0, 0.1) is 13.8 Å². The van der Waals surface area contributed by atoms with Crippen LogP contribution in [0.25, 0.3) is 44.3 Å². The smallest absolute Gasteiger partial charge is 0.122 e. The van der Waals surface area contributed by atoms with Crippen LogP contribution >= 0.6 is 0 Å². The monoisotopic (exact) mass is 388 g/mol. The van der Waals surface area contributed by atoms with Crippen LogP contribution in [0.4, 0.5) is 0 Å². The number of nitrogens with zero attached hydrogens (tertiary/aromatic N) is 4. The lowest BCUT2D eigenvalue weighted by molar-refractivity contribution is 1.05. The summed E-state index contributed by atoms with van der Waals surface area (Å²) in [6.45, 7) is 4.34. The zero-order valence-electron chi connectivity index (χ0n) is 16.9. The topological polar surface area (TPSA) is 35.1 Å².